The lowest BCUT2D eigenvalue weighted by Crippen LogP contribution is -2.23. The highest BCUT2D eigenvalue weighted by Gasteiger charge is 1.95. The summed E-state index contributed by atoms with van der Waals surface area (Å²) in [6, 6.07) is 7.84. The minimum Gasteiger partial charge on any atom is -0.366 e. The molecule has 0 aliphatic rings. The Labute approximate surface area is 95.6 Å². The first-order valence-electron chi connectivity index (χ1n) is 4.63. The summed E-state index contributed by atoms with van der Waals surface area (Å²) in [5.74, 6) is 0. The monoisotopic (exact) mass is 221 g/mol. The molecule has 0 radical (unpaired) electrons. The predicted molar refractivity (Wildman–Crippen MR) is 70.2 cm³/mol. The van der Waals surface area contributed by atoms with Gasteiger partial charge in [-0.1, -0.05) is 6.58 Å². The number of nitrogens with one attached hydrogen (secondary N) is 3. The highest BCUT2D eigenvalue weighted by molar-refractivity contribution is 7.80. The molecule has 0 atom stereocenters. The molecule has 4 heteroatoms. The molecule has 15 heavy (non-hydrogen) atoms. The molecule has 0 fully saturated rings. The van der Waals surface area contributed by atoms with Gasteiger partial charge in [-0.3, -0.25) is 0 Å². The number of allylic oxidation sites excluding steroid dienone is 1. The Hall–Kier alpha value is -1.55. The van der Waals surface area contributed by atoms with Gasteiger partial charge in [-0.2, -0.15) is 0 Å². The van der Waals surface area contributed by atoms with Crippen molar-refractivity contribution in [1.82, 2.24) is 5.32 Å². The first-order valence-corrected chi connectivity index (χ1v) is 5.04. The number of anilines is 2. The molecule has 0 heterocycles. The summed E-state index contributed by atoms with van der Waals surface area (Å²) in [6.07, 6.45) is 0. The molecule has 0 aliphatic heterocycles. The minimum atomic E-state index is 0.607. The molecule has 0 saturated heterocycles. The van der Waals surface area contributed by atoms with Crippen molar-refractivity contribution >= 4 is 28.7 Å². The van der Waals surface area contributed by atoms with Gasteiger partial charge >= 0.3 is 0 Å². The molecule has 80 valence electrons. The molecular weight excluding hydrogens is 206 g/mol. The van der Waals surface area contributed by atoms with Crippen molar-refractivity contribution in [2.24, 2.45) is 0 Å². The van der Waals surface area contributed by atoms with E-state index in [1.807, 2.05) is 31.2 Å². The van der Waals surface area contributed by atoms with E-state index in [1.165, 1.54) is 0 Å². The van der Waals surface area contributed by atoms with E-state index in [1.54, 1.807) is 7.05 Å². The summed E-state index contributed by atoms with van der Waals surface area (Å²) in [4.78, 5) is 0. The lowest BCUT2D eigenvalue weighted by molar-refractivity contribution is 1.20. The van der Waals surface area contributed by atoms with E-state index in [4.69, 9.17) is 12.2 Å². The third-order valence-corrected chi connectivity index (χ3v) is 2.03. The Balaban J connectivity index is 2.64. The minimum absolute atomic E-state index is 0.607. The van der Waals surface area contributed by atoms with Crippen LogP contribution in [0.15, 0.2) is 36.5 Å². The Morgan fingerprint density at radius 1 is 1.13 bits per heavy atom. The van der Waals surface area contributed by atoms with Crippen LogP contribution in [0.1, 0.15) is 6.92 Å². The van der Waals surface area contributed by atoms with Crippen LogP contribution in [0.5, 0.6) is 0 Å². The third-order valence-electron chi connectivity index (χ3n) is 1.73. The average molecular weight is 221 g/mol. The molecule has 1 aromatic carbocycles. The smallest absolute Gasteiger partial charge is 0.170 e. The van der Waals surface area contributed by atoms with Crippen LogP contribution in [0.3, 0.4) is 0 Å². The first kappa shape index (κ1) is 11.5. The molecule has 3 nitrogen and oxygen atoms in total. The fourth-order valence-corrected chi connectivity index (χ4v) is 1.19. The van der Waals surface area contributed by atoms with Gasteiger partial charge in [-0.05, 0) is 43.4 Å². The summed E-state index contributed by atoms with van der Waals surface area (Å²) in [7, 11) is 1.78. The average Bonchev–Trinajstić information content (AvgIpc) is 2.20. The van der Waals surface area contributed by atoms with Gasteiger partial charge in [0.2, 0.25) is 0 Å². The molecule has 0 spiro atoms. The maximum Gasteiger partial charge on any atom is 0.170 e. The second kappa shape index (κ2) is 5.36. The van der Waals surface area contributed by atoms with Crippen LogP contribution >= 0.6 is 12.2 Å². The molecule has 3 N–H and O–H groups in total. The normalized spacial score (nSPS) is 9.20. The van der Waals surface area contributed by atoms with Crippen LogP contribution in [-0.2, 0) is 0 Å². The van der Waals surface area contributed by atoms with Gasteiger partial charge in [0, 0.05) is 24.1 Å². The second-order valence-corrected chi connectivity index (χ2v) is 3.60. The fourth-order valence-electron chi connectivity index (χ4n) is 1.08. The van der Waals surface area contributed by atoms with Crippen molar-refractivity contribution < 1.29 is 0 Å². The fraction of sp³-hybridized carbons (Fsp3) is 0.182. The van der Waals surface area contributed by atoms with Gasteiger partial charge in [-0.25, -0.2) is 0 Å². The van der Waals surface area contributed by atoms with Crippen molar-refractivity contribution in [3.05, 3.63) is 36.5 Å². The van der Waals surface area contributed by atoms with Crippen LogP contribution in [-0.4, -0.2) is 12.2 Å². The van der Waals surface area contributed by atoms with Gasteiger partial charge in [0.15, 0.2) is 5.11 Å². The van der Waals surface area contributed by atoms with E-state index in [9.17, 15) is 0 Å². The summed E-state index contributed by atoms with van der Waals surface area (Å²) in [6.45, 7) is 5.70. The van der Waals surface area contributed by atoms with Crippen molar-refractivity contribution in [2.45, 2.75) is 6.92 Å². The lowest BCUT2D eigenvalue weighted by Gasteiger charge is -2.09. The van der Waals surface area contributed by atoms with Crippen LogP contribution in [0.25, 0.3) is 0 Å². The number of thiocarbonyl (C=S) groups is 1. The van der Waals surface area contributed by atoms with Gasteiger partial charge in [0.1, 0.15) is 0 Å². The summed E-state index contributed by atoms with van der Waals surface area (Å²) in [5, 5.41) is 9.63. The van der Waals surface area contributed by atoms with Crippen LogP contribution in [0.2, 0.25) is 0 Å². The molecule has 1 rings (SSSR count). The summed E-state index contributed by atoms with van der Waals surface area (Å²) >= 11 is 4.99. The van der Waals surface area contributed by atoms with Gasteiger partial charge in [0.05, 0.1) is 0 Å². The predicted octanol–water partition coefficient (Wildman–Crippen LogP) is 2.55. The zero-order chi connectivity index (χ0) is 11.3. The standard InChI is InChI=1S/C11H15N3S/c1-8(2)13-9-4-6-10(7-5-9)14-11(15)12-3/h4-7,13H,1H2,2-3H3,(H2,12,14,15). The van der Waals surface area contributed by atoms with E-state index < -0.39 is 0 Å². The number of benzene rings is 1. The number of hydrogen-bond acceptors (Lipinski definition) is 2. The van der Waals surface area contributed by atoms with Crippen molar-refractivity contribution in [2.75, 3.05) is 17.7 Å². The van der Waals surface area contributed by atoms with E-state index >= 15 is 0 Å². The summed E-state index contributed by atoms with van der Waals surface area (Å²) in [5.41, 5.74) is 2.89. The molecule has 0 aliphatic carbocycles. The Morgan fingerprint density at radius 3 is 2.00 bits per heavy atom. The highest BCUT2D eigenvalue weighted by atomic mass is 32.1. The van der Waals surface area contributed by atoms with Crippen LogP contribution in [0.4, 0.5) is 11.4 Å². The maximum absolute atomic E-state index is 4.99. The van der Waals surface area contributed by atoms with Crippen molar-refractivity contribution in [3.8, 4) is 0 Å². The second-order valence-electron chi connectivity index (χ2n) is 3.19. The van der Waals surface area contributed by atoms with E-state index in [0.29, 0.717) is 5.11 Å². The largest absolute Gasteiger partial charge is 0.366 e. The van der Waals surface area contributed by atoms with E-state index in [-0.39, 0.29) is 0 Å². The zero-order valence-electron chi connectivity index (χ0n) is 8.92. The van der Waals surface area contributed by atoms with E-state index in [0.717, 1.165) is 17.1 Å². The summed E-state index contributed by atoms with van der Waals surface area (Å²) < 4.78 is 0. The Bertz CT molecular complexity index is 357. The topological polar surface area (TPSA) is 36.1 Å². The lowest BCUT2D eigenvalue weighted by atomic mass is 10.3. The molecular formula is C11H15N3S. The van der Waals surface area contributed by atoms with Gasteiger partial charge in [-0.15, -0.1) is 0 Å². The molecule has 0 amide bonds. The molecule has 0 saturated carbocycles. The Kier molecular flexibility index (Phi) is 4.12. The quantitative estimate of drug-likeness (QED) is 0.686. The van der Waals surface area contributed by atoms with Gasteiger partial charge in [0.25, 0.3) is 0 Å². The van der Waals surface area contributed by atoms with Crippen LogP contribution < -0.4 is 16.0 Å². The van der Waals surface area contributed by atoms with Crippen molar-refractivity contribution in [3.63, 3.8) is 0 Å². The van der Waals surface area contributed by atoms with Gasteiger partial charge < -0.3 is 16.0 Å². The number of rotatable bonds is 3. The highest BCUT2D eigenvalue weighted by Crippen LogP contribution is 2.14. The Morgan fingerprint density at radius 2 is 1.60 bits per heavy atom. The maximum atomic E-state index is 4.99. The number of hydrogen-bond donors (Lipinski definition) is 3. The molecule has 0 unspecified atom stereocenters. The van der Waals surface area contributed by atoms with E-state index in [2.05, 4.69) is 22.5 Å². The molecule has 0 aromatic heterocycles. The molecule has 1 aromatic rings. The first-order chi connectivity index (χ1) is 7.11. The van der Waals surface area contributed by atoms with Crippen molar-refractivity contribution in [1.29, 1.82) is 0 Å². The van der Waals surface area contributed by atoms with Crippen LogP contribution in [0, 0.1) is 0 Å². The zero-order valence-corrected chi connectivity index (χ0v) is 9.74. The molecule has 0 bridgehead atoms. The SMILES string of the molecule is C=C(C)Nc1ccc(NC(=S)NC)cc1. The third kappa shape index (κ3) is 3.99.